The number of nitrogens with one attached hydrogen (secondary N) is 1. The van der Waals surface area contributed by atoms with Crippen molar-refractivity contribution in [3.8, 4) is 11.5 Å². The third kappa shape index (κ3) is 3.58. The van der Waals surface area contributed by atoms with Crippen molar-refractivity contribution >= 4 is 61.9 Å². The van der Waals surface area contributed by atoms with E-state index >= 15 is 0 Å². The van der Waals surface area contributed by atoms with E-state index < -0.39 is 0 Å². The molecule has 1 amide bonds. The van der Waals surface area contributed by atoms with Gasteiger partial charge in [0.05, 0.1) is 11.6 Å². The topological polar surface area (TPSA) is 50.8 Å². The molecule has 1 saturated heterocycles. The molecule has 0 saturated carbocycles. The van der Waals surface area contributed by atoms with E-state index in [1.807, 2.05) is 48.5 Å². The second-order valence-electron chi connectivity index (χ2n) is 5.56. The first kappa shape index (κ1) is 17.4. The quantitative estimate of drug-likeness (QED) is 0.550. The van der Waals surface area contributed by atoms with Crippen LogP contribution in [0.25, 0.3) is 6.08 Å². The fourth-order valence-electron chi connectivity index (χ4n) is 2.53. The SMILES string of the molecule is O=C1/C(=C/c2ccc3c(c2)OCO3)SC(=S)N1CNc1ccc(Br)cc1. The fraction of sp³-hybridized carbons (Fsp3) is 0.111. The van der Waals surface area contributed by atoms with Gasteiger partial charge in [-0.15, -0.1) is 0 Å². The monoisotopic (exact) mass is 448 g/mol. The Labute approximate surface area is 168 Å². The van der Waals surface area contributed by atoms with Crippen molar-refractivity contribution < 1.29 is 14.3 Å². The Morgan fingerprint density at radius 1 is 1.19 bits per heavy atom. The van der Waals surface area contributed by atoms with Crippen molar-refractivity contribution in [2.45, 2.75) is 0 Å². The largest absolute Gasteiger partial charge is 0.454 e. The van der Waals surface area contributed by atoms with Crippen molar-refractivity contribution in [1.82, 2.24) is 4.90 Å². The van der Waals surface area contributed by atoms with Gasteiger partial charge in [-0.2, -0.15) is 0 Å². The van der Waals surface area contributed by atoms with Crippen molar-refractivity contribution in [2.75, 3.05) is 18.8 Å². The van der Waals surface area contributed by atoms with E-state index in [2.05, 4.69) is 21.2 Å². The molecule has 2 aliphatic heterocycles. The van der Waals surface area contributed by atoms with Crippen LogP contribution in [0.3, 0.4) is 0 Å². The van der Waals surface area contributed by atoms with Gasteiger partial charge in [0, 0.05) is 10.2 Å². The Kier molecular flexibility index (Phi) is 4.88. The van der Waals surface area contributed by atoms with Crippen LogP contribution in [0.1, 0.15) is 5.56 Å². The molecule has 2 aliphatic rings. The maximum absolute atomic E-state index is 12.7. The number of halogens is 1. The first-order valence-corrected chi connectivity index (χ1v) is 9.76. The van der Waals surface area contributed by atoms with Gasteiger partial charge >= 0.3 is 0 Å². The highest BCUT2D eigenvalue weighted by Gasteiger charge is 2.31. The van der Waals surface area contributed by atoms with Gasteiger partial charge in [0.1, 0.15) is 4.32 Å². The summed E-state index contributed by atoms with van der Waals surface area (Å²) < 4.78 is 12.2. The summed E-state index contributed by atoms with van der Waals surface area (Å²) in [5.41, 5.74) is 1.79. The molecule has 0 aromatic heterocycles. The van der Waals surface area contributed by atoms with Crippen molar-refractivity contribution in [1.29, 1.82) is 0 Å². The summed E-state index contributed by atoms with van der Waals surface area (Å²) in [5, 5.41) is 3.21. The van der Waals surface area contributed by atoms with E-state index in [0.29, 0.717) is 27.4 Å². The van der Waals surface area contributed by atoms with E-state index in [0.717, 1.165) is 15.7 Å². The summed E-state index contributed by atoms with van der Waals surface area (Å²) in [6.07, 6.45) is 1.82. The maximum atomic E-state index is 12.7. The first-order chi connectivity index (χ1) is 12.6. The minimum Gasteiger partial charge on any atom is -0.454 e. The highest BCUT2D eigenvalue weighted by molar-refractivity contribution is 9.10. The molecule has 4 rings (SSSR count). The molecule has 2 aromatic carbocycles. The van der Waals surface area contributed by atoms with Crippen molar-refractivity contribution in [3.63, 3.8) is 0 Å². The summed E-state index contributed by atoms with van der Waals surface area (Å²) in [6.45, 7) is 0.549. The smallest absolute Gasteiger partial charge is 0.267 e. The summed E-state index contributed by atoms with van der Waals surface area (Å²) in [7, 11) is 0. The van der Waals surface area contributed by atoms with Crippen LogP contribution in [-0.2, 0) is 4.79 Å². The van der Waals surface area contributed by atoms with Crippen molar-refractivity contribution in [2.24, 2.45) is 0 Å². The lowest BCUT2D eigenvalue weighted by Gasteiger charge is -2.16. The molecule has 0 aliphatic carbocycles. The highest BCUT2D eigenvalue weighted by atomic mass is 79.9. The Hall–Kier alpha value is -2.03. The molecule has 0 unspecified atom stereocenters. The number of thioether (sulfide) groups is 1. The van der Waals surface area contributed by atoms with Gasteiger partial charge in [0.15, 0.2) is 11.5 Å². The number of benzene rings is 2. The average molecular weight is 449 g/mol. The normalized spacial score (nSPS) is 17.3. The molecule has 132 valence electrons. The Balaban J connectivity index is 1.47. The van der Waals surface area contributed by atoms with Crippen LogP contribution >= 0.6 is 39.9 Å². The molecular formula is C18H13BrN2O3S2. The standard InChI is InChI=1S/C18H13BrN2O3S2/c19-12-2-4-13(5-3-12)20-9-21-17(22)16(26-18(21)25)8-11-1-6-14-15(7-11)24-10-23-14/h1-8,20H,9-10H2/b16-8-. The van der Waals surface area contributed by atoms with Gasteiger partial charge in [-0.05, 0) is 48.0 Å². The molecule has 1 N–H and O–H groups in total. The summed E-state index contributed by atoms with van der Waals surface area (Å²) in [4.78, 5) is 14.8. The lowest BCUT2D eigenvalue weighted by molar-refractivity contribution is -0.121. The molecule has 0 bridgehead atoms. The minimum atomic E-state index is -0.109. The molecule has 5 nitrogen and oxygen atoms in total. The number of ether oxygens (including phenoxy) is 2. The summed E-state index contributed by atoms with van der Waals surface area (Å²) >= 11 is 10.1. The zero-order valence-electron chi connectivity index (χ0n) is 13.4. The van der Waals surface area contributed by atoms with Crippen LogP contribution in [-0.4, -0.2) is 28.6 Å². The number of anilines is 1. The second kappa shape index (κ2) is 7.30. The molecule has 2 aromatic rings. The Morgan fingerprint density at radius 3 is 2.77 bits per heavy atom. The number of carbonyl (C=O) groups is 1. The number of hydrogen-bond donors (Lipinski definition) is 1. The van der Waals surface area contributed by atoms with E-state index in [9.17, 15) is 4.79 Å². The zero-order chi connectivity index (χ0) is 18.1. The number of fused-ring (bicyclic) bond motifs is 1. The van der Waals surface area contributed by atoms with Gasteiger partial charge in [-0.1, -0.05) is 46.0 Å². The van der Waals surface area contributed by atoms with Crippen LogP contribution in [0.15, 0.2) is 51.8 Å². The maximum Gasteiger partial charge on any atom is 0.267 e. The van der Waals surface area contributed by atoms with Gasteiger partial charge in [0.2, 0.25) is 6.79 Å². The summed E-state index contributed by atoms with van der Waals surface area (Å²) in [6, 6.07) is 13.3. The van der Waals surface area contributed by atoms with Gasteiger partial charge in [-0.25, -0.2) is 0 Å². The molecule has 0 spiro atoms. The first-order valence-electron chi connectivity index (χ1n) is 7.74. The number of amides is 1. The molecule has 1 fully saturated rings. The predicted octanol–water partition coefficient (Wildman–Crippen LogP) is 4.45. The van der Waals surface area contributed by atoms with Gasteiger partial charge in [-0.3, -0.25) is 9.69 Å². The number of nitrogens with zero attached hydrogens (tertiary/aromatic N) is 1. The third-order valence-corrected chi connectivity index (χ3v) is 5.76. The van der Waals surface area contributed by atoms with Crippen molar-refractivity contribution in [3.05, 3.63) is 57.4 Å². The summed E-state index contributed by atoms with van der Waals surface area (Å²) in [5.74, 6) is 1.29. The molecule has 26 heavy (non-hydrogen) atoms. The molecule has 8 heteroatoms. The number of rotatable bonds is 4. The van der Waals surface area contributed by atoms with Crippen LogP contribution in [0.5, 0.6) is 11.5 Å². The predicted molar refractivity (Wildman–Crippen MR) is 110 cm³/mol. The number of thiocarbonyl (C=S) groups is 1. The third-order valence-electron chi connectivity index (χ3n) is 3.85. The molecule has 0 atom stereocenters. The van der Waals surface area contributed by atoms with Crippen LogP contribution in [0.4, 0.5) is 5.69 Å². The molecule has 0 radical (unpaired) electrons. The van der Waals surface area contributed by atoms with E-state index in [1.54, 1.807) is 4.90 Å². The van der Waals surface area contributed by atoms with E-state index in [-0.39, 0.29) is 12.7 Å². The minimum absolute atomic E-state index is 0.109. The van der Waals surface area contributed by atoms with Gasteiger partial charge in [0.25, 0.3) is 5.91 Å². The number of carbonyl (C=O) groups excluding carboxylic acids is 1. The Bertz CT molecular complexity index is 915. The number of hydrogen-bond acceptors (Lipinski definition) is 6. The average Bonchev–Trinajstić information content (AvgIpc) is 3.20. The molecular weight excluding hydrogens is 436 g/mol. The highest BCUT2D eigenvalue weighted by Crippen LogP contribution is 2.36. The molecule has 2 heterocycles. The van der Waals surface area contributed by atoms with E-state index in [4.69, 9.17) is 21.7 Å². The van der Waals surface area contributed by atoms with Crippen LogP contribution in [0.2, 0.25) is 0 Å². The lowest BCUT2D eigenvalue weighted by atomic mass is 10.2. The lowest BCUT2D eigenvalue weighted by Crippen LogP contribution is -2.33. The van der Waals surface area contributed by atoms with Crippen LogP contribution in [0, 0.1) is 0 Å². The Morgan fingerprint density at radius 2 is 1.96 bits per heavy atom. The fourth-order valence-corrected chi connectivity index (χ4v) is 4.05. The van der Waals surface area contributed by atoms with E-state index in [1.165, 1.54) is 11.8 Å². The van der Waals surface area contributed by atoms with Crippen LogP contribution < -0.4 is 14.8 Å². The zero-order valence-corrected chi connectivity index (χ0v) is 16.6. The van der Waals surface area contributed by atoms with Gasteiger partial charge < -0.3 is 14.8 Å². The second-order valence-corrected chi connectivity index (χ2v) is 8.16.